The highest BCUT2D eigenvalue weighted by molar-refractivity contribution is 7.98. The molecule has 0 saturated carbocycles. The van der Waals surface area contributed by atoms with Gasteiger partial charge in [0.25, 0.3) is 0 Å². The molecule has 160 valence electrons. The summed E-state index contributed by atoms with van der Waals surface area (Å²) in [6.45, 7) is 6.76. The Bertz CT molecular complexity index is 970. The first kappa shape index (κ1) is 22.1. The molecule has 30 heavy (non-hydrogen) atoms. The van der Waals surface area contributed by atoms with Gasteiger partial charge in [-0.15, -0.1) is 0 Å². The third-order valence-electron chi connectivity index (χ3n) is 4.61. The largest absolute Gasteiger partial charge is 0.493 e. The molecule has 0 spiro atoms. The molecule has 7 nitrogen and oxygen atoms in total. The van der Waals surface area contributed by atoms with E-state index >= 15 is 0 Å². The number of hydrogen-bond acceptors (Lipinski definition) is 6. The lowest BCUT2D eigenvalue weighted by molar-refractivity contribution is -0.124. The molecule has 0 aliphatic carbocycles. The number of fused-ring (bicyclic) bond motifs is 1. The van der Waals surface area contributed by atoms with Crippen LogP contribution in [0.5, 0.6) is 5.75 Å². The molecule has 0 fully saturated rings. The van der Waals surface area contributed by atoms with Crippen molar-refractivity contribution in [1.29, 1.82) is 0 Å². The summed E-state index contributed by atoms with van der Waals surface area (Å²) in [5, 5.41) is 0.874. The van der Waals surface area contributed by atoms with Crippen molar-refractivity contribution in [3.05, 3.63) is 47.8 Å². The highest BCUT2D eigenvalue weighted by Gasteiger charge is 2.20. The van der Waals surface area contributed by atoms with Gasteiger partial charge < -0.3 is 20.2 Å². The average molecular weight is 429 g/mol. The second-order valence-electron chi connectivity index (χ2n) is 7.68. The van der Waals surface area contributed by atoms with Gasteiger partial charge >= 0.3 is 0 Å². The van der Waals surface area contributed by atoms with E-state index in [1.807, 2.05) is 51.1 Å². The Morgan fingerprint density at radius 1 is 1.23 bits per heavy atom. The van der Waals surface area contributed by atoms with Crippen molar-refractivity contribution in [2.24, 2.45) is 5.73 Å². The SMILES string of the molecule is Cc1c(OCCCOC(C)(C)CC(N)=O)ccnc1CSc1nc2ccccc2[nH]1. The van der Waals surface area contributed by atoms with Crippen LogP contribution in [0.25, 0.3) is 11.0 Å². The molecule has 0 unspecified atom stereocenters. The van der Waals surface area contributed by atoms with Gasteiger partial charge in [-0.25, -0.2) is 4.98 Å². The van der Waals surface area contributed by atoms with Gasteiger partial charge in [-0.1, -0.05) is 23.9 Å². The molecular formula is C22H28N4O3S. The Hall–Kier alpha value is -2.58. The number of hydrogen-bond donors (Lipinski definition) is 2. The summed E-state index contributed by atoms with van der Waals surface area (Å²) < 4.78 is 11.7. The number of H-pyrrole nitrogens is 1. The first-order valence-corrected chi connectivity index (χ1v) is 10.9. The zero-order valence-corrected chi connectivity index (χ0v) is 18.4. The smallest absolute Gasteiger partial charge is 0.220 e. The molecule has 0 aliphatic heterocycles. The van der Waals surface area contributed by atoms with E-state index in [-0.39, 0.29) is 12.3 Å². The number of benzene rings is 1. The number of ether oxygens (including phenoxy) is 2. The molecule has 3 aromatic rings. The molecule has 0 atom stereocenters. The minimum Gasteiger partial charge on any atom is -0.493 e. The predicted molar refractivity (Wildman–Crippen MR) is 119 cm³/mol. The lowest BCUT2D eigenvalue weighted by Crippen LogP contribution is -2.31. The normalized spacial score (nSPS) is 11.7. The fourth-order valence-corrected chi connectivity index (χ4v) is 3.96. The van der Waals surface area contributed by atoms with Gasteiger partial charge in [-0.05, 0) is 39.0 Å². The molecule has 1 amide bonds. The average Bonchev–Trinajstić information content (AvgIpc) is 3.10. The minimum absolute atomic E-state index is 0.198. The number of primary amides is 1. The summed E-state index contributed by atoms with van der Waals surface area (Å²) in [4.78, 5) is 23.5. The van der Waals surface area contributed by atoms with Crippen LogP contribution in [-0.2, 0) is 15.3 Å². The Morgan fingerprint density at radius 2 is 2.03 bits per heavy atom. The number of imidazole rings is 1. The number of rotatable bonds is 11. The molecule has 3 rings (SSSR count). The van der Waals surface area contributed by atoms with Crippen LogP contribution in [0.3, 0.4) is 0 Å². The fourth-order valence-electron chi connectivity index (χ4n) is 3.06. The first-order valence-electron chi connectivity index (χ1n) is 9.91. The Labute approximate surface area is 180 Å². The summed E-state index contributed by atoms with van der Waals surface area (Å²) in [5.74, 6) is 1.16. The predicted octanol–water partition coefficient (Wildman–Crippen LogP) is 4.00. The Morgan fingerprint density at radius 3 is 2.80 bits per heavy atom. The van der Waals surface area contributed by atoms with E-state index < -0.39 is 5.60 Å². The van der Waals surface area contributed by atoms with Crippen LogP contribution >= 0.6 is 11.8 Å². The van der Waals surface area contributed by atoms with Gasteiger partial charge in [-0.3, -0.25) is 9.78 Å². The van der Waals surface area contributed by atoms with Crippen molar-refractivity contribution < 1.29 is 14.3 Å². The monoisotopic (exact) mass is 428 g/mol. The second kappa shape index (κ2) is 9.95. The topological polar surface area (TPSA) is 103 Å². The number of nitrogens with zero attached hydrogens (tertiary/aromatic N) is 2. The maximum Gasteiger partial charge on any atom is 0.220 e. The molecule has 0 bridgehead atoms. The first-order chi connectivity index (χ1) is 14.3. The quantitative estimate of drug-likeness (QED) is 0.353. The van der Waals surface area contributed by atoms with E-state index in [4.69, 9.17) is 15.2 Å². The highest BCUT2D eigenvalue weighted by Crippen LogP contribution is 2.27. The van der Waals surface area contributed by atoms with Crippen LogP contribution in [0.15, 0.2) is 41.7 Å². The van der Waals surface area contributed by atoms with E-state index in [0.717, 1.165) is 33.2 Å². The van der Waals surface area contributed by atoms with Gasteiger partial charge in [0.1, 0.15) is 5.75 Å². The zero-order chi connectivity index (χ0) is 21.6. The second-order valence-corrected chi connectivity index (χ2v) is 8.65. The van der Waals surface area contributed by atoms with Crippen LogP contribution < -0.4 is 10.5 Å². The molecular weight excluding hydrogens is 400 g/mol. The van der Waals surface area contributed by atoms with E-state index in [0.29, 0.717) is 25.4 Å². The number of para-hydroxylation sites is 2. The van der Waals surface area contributed by atoms with Crippen molar-refractivity contribution in [3.8, 4) is 5.75 Å². The van der Waals surface area contributed by atoms with Crippen LogP contribution in [0, 0.1) is 6.92 Å². The maximum absolute atomic E-state index is 11.1. The van der Waals surface area contributed by atoms with Crippen LogP contribution in [0.1, 0.15) is 37.9 Å². The van der Waals surface area contributed by atoms with Crippen molar-refractivity contribution in [1.82, 2.24) is 15.0 Å². The summed E-state index contributed by atoms with van der Waals surface area (Å²) >= 11 is 1.62. The van der Waals surface area contributed by atoms with Crippen LogP contribution in [-0.4, -0.2) is 39.7 Å². The number of carbonyl (C=O) groups is 1. The molecule has 0 saturated heterocycles. The Balaban J connectivity index is 1.49. The standard InChI is InChI=1S/C22H28N4O3S/c1-15-18(14-30-21-25-16-7-4-5-8-17(16)26-21)24-10-9-19(15)28-11-6-12-29-22(2,3)13-20(23)27/h4-5,7-10H,6,11-14H2,1-3H3,(H2,23,27)(H,25,26). The van der Waals surface area contributed by atoms with Gasteiger partial charge in [0, 0.05) is 23.9 Å². The summed E-state index contributed by atoms with van der Waals surface area (Å²) in [5.41, 5.74) is 8.67. The number of thioether (sulfide) groups is 1. The molecule has 2 heterocycles. The number of amides is 1. The summed E-state index contributed by atoms with van der Waals surface area (Å²) in [7, 11) is 0. The molecule has 3 N–H and O–H groups in total. The lowest BCUT2D eigenvalue weighted by Gasteiger charge is -2.23. The fraction of sp³-hybridized carbons (Fsp3) is 0.409. The van der Waals surface area contributed by atoms with Gasteiger partial charge in [0.2, 0.25) is 5.91 Å². The zero-order valence-electron chi connectivity index (χ0n) is 17.6. The van der Waals surface area contributed by atoms with Gasteiger partial charge in [0.05, 0.1) is 42.0 Å². The lowest BCUT2D eigenvalue weighted by atomic mass is 10.1. The number of pyridine rings is 1. The minimum atomic E-state index is -0.556. The maximum atomic E-state index is 11.1. The summed E-state index contributed by atoms with van der Waals surface area (Å²) in [6.07, 6.45) is 2.68. The van der Waals surface area contributed by atoms with Crippen molar-refractivity contribution >= 4 is 28.7 Å². The number of nitrogens with two attached hydrogens (primary N) is 1. The van der Waals surface area contributed by atoms with Gasteiger partial charge in [-0.2, -0.15) is 0 Å². The van der Waals surface area contributed by atoms with E-state index in [9.17, 15) is 4.79 Å². The third kappa shape index (κ3) is 6.21. The Kier molecular flexibility index (Phi) is 7.33. The van der Waals surface area contributed by atoms with Crippen LogP contribution in [0.2, 0.25) is 0 Å². The third-order valence-corrected chi connectivity index (χ3v) is 5.50. The number of carbonyl (C=O) groups excluding carboxylic acids is 1. The van der Waals surface area contributed by atoms with Crippen molar-refractivity contribution in [2.75, 3.05) is 13.2 Å². The van der Waals surface area contributed by atoms with Crippen molar-refractivity contribution in [3.63, 3.8) is 0 Å². The van der Waals surface area contributed by atoms with E-state index in [1.54, 1.807) is 18.0 Å². The van der Waals surface area contributed by atoms with Gasteiger partial charge in [0.15, 0.2) is 5.16 Å². The molecule has 8 heteroatoms. The van der Waals surface area contributed by atoms with Crippen LogP contribution in [0.4, 0.5) is 0 Å². The molecule has 1 aromatic carbocycles. The molecule has 0 radical (unpaired) electrons. The number of aromatic amines is 1. The molecule has 2 aromatic heterocycles. The van der Waals surface area contributed by atoms with Crippen molar-refractivity contribution in [2.45, 2.75) is 50.1 Å². The highest BCUT2D eigenvalue weighted by atomic mass is 32.2. The van der Waals surface area contributed by atoms with E-state index in [2.05, 4.69) is 15.0 Å². The number of aromatic nitrogens is 3. The van der Waals surface area contributed by atoms with E-state index in [1.165, 1.54) is 0 Å². The summed E-state index contributed by atoms with van der Waals surface area (Å²) in [6, 6.07) is 9.86. The number of nitrogens with one attached hydrogen (secondary N) is 1. The molecule has 0 aliphatic rings.